The zero-order valence-electron chi connectivity index (χ0n) is 16.5. The number of halogens is 3. The van der Waals surface area contributed by atoms with E-state index >= 15 is 0 Å². The molecule has 0 fully saturated rings. The maximum atomic E-state index is 12.5. The highest BCUT2D eigenvalue weighted by molar-refractivity contribution is 14.1. The molecule has 3 aromatic carbocycles. The number of hydrogen-bond acceptors (Lipinski definition) is 3. The number of carbonyl (C=O) groups excluding carboxylic acids is 1. The average Bonchev–Trinajstić information content (AvgIpc) is 2.74. The van der Waals surface area contributed by atoms with E-state index in [1.807, 2.05) is 30.3 Å². The number of ether oxygens (including phenoxy) is 1. The van der Waals surface area contributed by atoms with Gasteiger partial charge in [-0.3, -0.25) is 4.79 Å². The molecular weight excluding hydrogens is 682 g/mol. The Morgan fingerprint density at radius 2 is 1.71 bits per heavy atom. The first-order valence-electron chi connectivity index (χ1n) is 9.22. The molecule has 3 aromatic rings. The standard InChI is InChI=1S/C24H17BrI2N2O2/c1-15-2-4-16(5-3-15)14-31-23-21(26)11-17(12-22(23)27)10-18(13-28)24(30)29-20-8-6-19(25)7-9-20/h2-12H,14H2,1H3,(H,29,30)/b18-10-. The van der Waals surface area contributed by atoms with Gasteiger partial charge in [0.15, 0.2) is 0 Å². The minimum atomic E-state index is -0.450. The van der Waals surface area contributed by atoms with Gasteiger partial charge in [0.05, 0.1) is 7.14 Å². The minimum absolute atomic E-state index is 0.0304. The van der Waals surface area contributed by atoms with Crippen molar-refractivity contribution in [3.63, 3.8) is 0 Å². The lowest BCUT2D eigenvalue weighted by molar-refractivity contribution is -0.112. The summed E-state index contributed by atoms with van der Waals surface area (Å²) >= 11 is 7.78. The minimum Gasteiger partial charge on any atom is -0.487 e. The summed E-state index contributed by atoms with van der Waals surface area (Å²) in [5, 5.41) is 12.2. The third-order valence-electron chi connectivity index (χ3n) is 4.30. The lowest BCUT2D eigenvalue weighted by Crippen LogP contribution is -2.13. The quantitative estimate of drug-likeness (QED) is 0.170. The molecule has 0 aromatic heterocycles. The molecule has 0 atom stereocenters. The van der Waals surface area contributed by atoms with Crippen molar-refractivity contribution >= 4 is 78.8 Å². The van der Waals surface area contributed by atoms with Crippen LogP contribution in [0.1, 0.15) is 16.7 Å². The van der Waals surface area contributed by atoms with Gasteiger partial charge in [0, 0.05) is 10.2 Å². The Kier molecular flexibility index (Phi) is 8.51. The smallest absolute Gasteiger partial charge is 0.266 e. The van der Waals surface area contributed by atoms with Gasteiger partial charge in [-0.05, 0) is 106 Å². The van der Waals surface area contributed by atoms with Gasteiger partial charge in [0.2, 0.25) is 0 Å². The van der Waals surface area contributed by atoms with E-state index in [-0.39, 0.29) is 5.57 Å². The molecule has 0 aliphatic carbocycles. The number of rotatable bonds is 6. The molecule has 1 amide bonds. The first kappa shape index (κ1) is 23.8. The van der Waals surface area contributed by atoms with E-state index in [0.29, 0.717) is 12.3 Å². The summed E-state index contributed by atoms with van der Waals surface area (Å²) in [6.07, 6.45) is 1.59. The summed E-state index contributed by atoms with van der Waals surface area (Å²) in [5.74, 6) is 0.339. The highest BCUT2D eigenvalue weighted by atomic mass is 127. The molecular formula is C24H17BrI2N2O2. The van der Waals surface area contributed by atoms with E-state index in [4.69, 9.17) is 4.74 Å². The molecule has 0 unspecified atom stereocenters. The largest absolute Gasteiger partial charge is 0.487 e. The average molecular weight is 699 g/mol. The van der Waals surface area contributed by atoms with Crippen molar-refractivity contribution < 1.29 is 9.53 Å². The molecule has 0 aliphatic rings. The zero-order valence-corrected chi connectivity index (χ0v) is 22.4. The normalized spacial score (nSPS) is 11.0. The number of nitriles is 1. The van der Waals surface area contributed by atoms with Crippen LogP contribution in [-0.2, 0) is 11.4 Å². The molecule has 4 nitrogen and oxygen atoms in total. The predicted molar refractivity (Wildman–Crippen MR) is 144 cm³/mol. The molecule has 7 heteroatoms. The van der Waals surface area contributed by atoms with Gasteiger partial charge < -0.3 is 10.1 Å². The second-order valence-electron chi connectivity index (χ2n) is 6.72. The van der Waals surface area contributed by atoms with Crippen molar-refractivity contribution in [2.45, 2.75) is 13.5 Å². The van der Waals surface area contributed by atoms with Crippen LogP contribution in [0.5, 0.6) is 5.75 Å². The maximum absolute atomic E-state index is 12.5. The fourth-order valence-electron chi connectivity index (χ4n) is 2.69. The van der Waals surface area contributed by atoms with Gasteiger partial charge in [-0.15, -0.1) is 0 Å². The first-order valence-corrected chi connectivity index (χ1v) is 12.2. The van der Waals surface area contributed by atoms with Crippen LogP contribution in [0.25, 0.3) is 6.08 Å². The van der Waals surface area contributed by atoms with E-state index in [1.165, 1.54) is 5.56 Å². The Morgan fingerprint density at radius 3 is 2.29 bits per heavy atom. The topological polar surface area (TPSA) is 62.1 Å². The number of anilines is 1. The third kappa shape index (κ3) is 6.79. The predicted octanol–water partition coefficient (Wildman–Crippen LogP) is 7.09. The van der Waals surface area contributed by atoms with Crippen LogP contribution in [0.3, 0.4) is 0 Å². The van der Waals surface area contributed by atoms with Crippen molar-refractivity contribution in [1.82, 2.24) is 0 Å². The lowest BCUT2D eigenvalue weighted by atomic mass is 10.1. The van der Waals surface area contributed by atoms with Gasteiger partial charge in [-0.2, -0.15) is 5.26 Å². The van der Waals surface area contributed by atoms with Crippen LogP contribution in [0, 0.1) is 25.4 Å². The molecule has 0 saturated heterocycles. The molecule has 31 heavy (non-hydrogen) atoms. The summed E-state index contributed by atoms with van der Waals surface area (Å²) < 4.78 is 8.77. The fraction of sp³-hybridized carbons (Fsp3) is 0.0833. The molecule has 0 heterocycles. The number of carbonyl (C=O) groups is 1. The summed E-state index contributed by atoms with van der Waals surface area (Å²) in [6.45, 7) is 2.53. The number of aryl methyl sites for hydroxylation is 1. The van der Waals surface area contributed by atoms with Crippen molar-refractivity contribution in [3.8, 4) is 11.8 Å². The van der Waals surface area contributed by atoms with Gasteiger partial charge in [0.25, 0.3) is 5.91 Å². The highest BCUT2D eigenvalue weighted by Crippen LogP contribution is 2.30. The van der Waals surface area contributed by atoms with Crippen LogP contribution in [0.15, 0.2) is 70.7 Å². The highest BCUT2D eigenvalue weighted by Gasteiger charge is 2.13. The van der Waals surface area contributed by atoms with Crippen molar-refractivity contribution in [2.75, 3.05) is 5.32 Å². The van der Waals surface area contributed by atoms with Gasteiger partial charge >= 0.3 is 0 Å². The van der Waals surface area contributed by atoms with Crippen LogP contribution in [0.4, 0.5) is 5.69 Å². The van der Waals surface area contributed by atoms with Crippen LogP contribution >= 0.6 is 61.1 Å². The van der Waals surface area contributed by atoms with Crippen molar-refractivity contribution in [3.05, 3.63) is 94.5 Å². The molecule has 156 valence electrons. The molecule has 3 rings (SSSR count). The zero-order chi connectivity index (χ0) is 22.4. The number of nitrogens with zero attached hydrogens (tertiary/aromatic N) is 1. The van der Waals surface area contributed by atoms with Crippen molar-refractivity contribution in [2.24, 2.45) is 0 Å². The van der Waals surface area contributed by atoms with E-state index in [1.54, 1.807) is 18.2 Å². The summed E-state index contributed by atoms with van der Waals surface area (Å²) in [7, 11) is 0. The molecule has 1 N–H and O–H groups in total. The number of nitrogens with one attached hydrogen (secondary N) is 1. The second kappa shape index (κ2) is 11.1. The van der Waals surface area contributed by atoms with Crippen molar-refractivity contribution in [1.29, 1.82) is 5.26 Å². The van der Waals surface area contributed by atoms with E-state index in [0.717, 1.165) is 28.5 Å². The Morgan fingerprint density at radius 1 is 1.10 bits per heavy atom. The van der Waals surface area contributed by atoms with E-state index < -0.39 is 5.91 Å². The van der Waals surface area contributed by atoms with Crippen LogP contribution in [0.2, 0.25) is 0 Å². The van der Waals surface area contributed by atoms with Crippen LogP contribution in [-0.4, -0.2) is 5.91 Å². The Balaban J connectivity index is 1.76. The van der Waals surface area contributed by atoms with Crippen LogP contribution < -0.4 is 10.1 Å². The Hall–Kier alpha value is -1.90. The summed E-state index contributed by atoms with van der Waals surface area (Å²) in [6, 6.07) is 21.2. The Labute approximate surface area is 217 Å². The third-order valence-corrected chi connectivity index (χ3v) is 6.43. The SMILES string of the molecule is Cc1ccc(COc2c(I)cc(/C=C(/C#N)C(=O)Nc3ccc(Br)cc3)cc2I)cc1. The number of benzene rings is 3. The lowest BCUT2D eigenvalue weighted by Gasteiger charge is -2.12. The molecule has 0 bridgehead atoms. The van der Waals surface area contributed by atoms with E-state index in [2.05, 4.69) is 97.6 Å². The van der Waals surface area contributed by atoms with Gasteiger partial charge in [-0.25, -0.2) is 0 Å². The number of amides is 1. The first-order chi connectivity index (χ1) is 14.9. The fourth-order valence-corrected chi connectivity index (χ4v) is 5.08. The maximum Gasteiger partial charge on any atom is 0.266 e. The second-order valence-corrected chi connectivity index (χ2v) is 9.96. The van der Waals surface area contributed by atoms with Gasteiger partial charge in [0.1, 0.15) is 24.0 Å². The molecule has 0 radical (unpaired) electrons. The monoisotopic (exact) mass is 698 g/mol. The summed E-state index contributed by atoms with van der Waals surface area (Å²) in [4.78, 5) is 12.5. The Bertz CT molecular complexity index is 1140. The summed E-state index contributed by atoms with van der Waals surface area (Å²) in [5.41, 5.74) is 3.72. The molecule has 0 saturated carbocycles. The molecule has 0 aliphatic heterocycles. The van der Waals surface area contributed by atoms with E-state index in [9.17, 15) is 10.1 Å². The van der Waals surface area contributed by atoms with Gasteiger partial charge in [-0.1, -0.05) is 45.8 Å². The molecule has 0 spiro atoms. The number of hydrogen-bond donors (Lipinski definition) is 1.